The van der Waals surface area contributed by atoms with Crippen LogP contribution >= 0.6 is 37.5 Å². The van der Waals surface area contributed by atoms with Gasteiger partial charge in [0, 0.05) is 16.0 Å². The van der Waals surface area contributed by atoms with Crippen LogP contribution < -0.4 is 0 Å². The molecule has 0 radical (unpaired) electrons. The second-order valence-electron chi connectivity index (χ2n) is 2.76. The summed E-state index contributed by atoms with van der Waals surface area (Å²) in [6.07, 6.45) is 1.24. The minimum Gasteiger partial charge on any atom is -0.0928 e. The van der Waals surface area contributed by atoms with E-state index in [4.69, 9.17) is 0 Å². The van der Waals surface area contributed by atoms with Gasteiger partial charge in [-0.3, -0.25) is 0 Å². The molecule has 0 aliphatic heterocycles. The van der Waals surface area contributed by atoms with Gasteiger partial charge in [0.25, 0.3) is 0 Å². The van der Waals surface area contributed by atoms with E-state index in [2.05, 4.69) is 47.1 Å². The van der Waals surface area contributed by atoms with Crippen molar-refractivity contribution in [2.75, 3.05) is 11.1 Å². The molecule has 1 aromatic carbocycles. The number of hydrogen-bond acceptors (Lipinski definition) is 2. The number of benzene rings is 1. The minimum atomic E-state index is 1.11. The van der Waals surface area contributed by atoms with E-state index in [-0.39, 0.29) is 0 Å². The number of halogens is 1. The van der Waals surface area contributed by atoms with E-state index in [0.29, 0.717) is 0 Å². The highest BCUT2D eigenvalue weighted by molar-refractivity contribution is 9.09. The van der Waals surface area contributed by atoms with Crippen LogP contribution in [0, 0.1) is 6.92 Å². The lowest BCUT2D eigenvalue weighted by Gasteiger charge is -2.00. The zero-order valence-electron chi connectivity index (χ0n) is 7.63. The molecule has 72 valence electrons. The number of aryl methyl sites for hydroxylation is 1. The molecule has 0 heterocycles. The summed E-state index contributed by atoms with van der Waals surface area (Å²) in [4.78, 5) is 1.35. The summed E-state index contributed by atoms with van der Waals surface area (Å²) in [6, 6.07) is 8.68. The normalized spacial score (nSPS) is 10.3. The third-order valence-corrected chi connectivity index (χ3v) is 4.57. The molecule has 0 amide bonds. The van der Waals surface area contributed by atoms with Gasteiger partial charge in [-0.15, -0.1) is 0 Å². The summed E-state index contributed by atoms with van der Waals surface area (Å²) >= 11 is 3.42. The van der Waals surface area contributed by atoms with Crippen molar-refractivity contribution in [3.8, 4) is 0 Å². The van der Waals surface area contributed by atoms with Crippen LogP contribution in [0.25, 0.3) is 0 Å². The average molecular weight is 277 g/mol. The molecule has 0 aliphatic rings. The van der Waals surface area contributed by atoms with E-state index in [1.54, 1.807) is 0 Å². The maximum atomic E-state index is 3.42. The van der Waals surface area contributed by atoms with E-state index >= 15 is 0 Å². The maximum absolute atomic E-state index is 3.42. The number of hydrogen-bond donors (Lipinski definition) is 0. The lowest BCUT2D eigenvalue weighted by atomic mass is 10.2. The Morgan fingerprint density at radius 1 is 1.23 bits per heavy atom. The second-order valence-corrected chi connectivity index (χ2v) is 6.04. The third-order valence-electron chi connectivity index (χ3n) is 1.54. The molecule has 0 saturated heterocycles. The predicted octanol–water partition coefficient (Wildman–Crippen LogP) is 4.52. The third kappa shape index (κ3) is 4.99. The highest BCUT2D eigenvalue weighted by Crippen LogP contribution is 2.31. The molecule has 0 spiro atoms. The summed E-state index contributed by atoms with van der Waals surface area (Å²) < 4.78 is 0. The highest BCUT2D eigenvalue weighted by Gasteiger charge is 1.93. The number of alkyl halides is 1. The molecule has 0 nitrogen and oxygen atoms in total. The molecule has 0 unspecified atom stereocenters. The molecule has 1 aromatic rings. The molecule has 3 heteroatoms. The van der Waals surface area contributed by atoms with Gasteiger partial charge in [0.05, 0.1) is 0 Å². The van der Waals surface area contributed by atoms with Gasteiger partial charge in [0.2, 0.25) is 0 Å². The molecular formula is C10H13BrS2. The topological polar surface area (TPSA) is 0 Å². The summed E-state index contributed by atoms with van der Waals surface area (Å²) in [6.45, 7) is 2.12. The van der Waals surface area contributed by atoms with Gasteiger partial charge in [-0.2, -0.15) is 0 Å². The predicted molar refractivity (Wildman–Crippen MR) is 67.9 cm³/mol. The highest BCUT2D eigenvalue weighted by atomic mass is 79.9. The second kappa shape index (κ2) is 6.80. The Labute approximate surface area is 96.4 Å². The van der Waals surface area contributed by atoms with Gasteiger partial charge in [0.15, 0.2) is 0 Å². The molecule has 0 atom stereocenters. The van der Waals surface area contributed by atoms with E-state index in [1.165, 1.54) is 22.6 Å². The maximum Gasteiger partial charge on any atom is 0.0182 e. The fourth-order valence-electron chi connectivity index (χ4n) is 0.817. The molecule has 0 N–H and O–H groups in total. The summed E-state index contributed by atoms with van der Waals surface area (Å²) in [5, 5.41) is 1.11. The van der Waals surface area contributed by atoms with Crippen molar-refractivity contribution < 1.29 is 0 Å². The Bertz CT molecular complexity index is 233. The first-order valence-corrected chi connectivity index (χ1v) is 7.69. The Morgan fingerprint density at radius 3 is 2.54 bits per heavy atom. The molecule has 1 rings (SSSR count). The zero-order valence-corrected chi connectivity index (χ0v) is 10.8. The van der Waals surface area contributed by atoms with Gasteiger partial charge < -0.3 is 0 Å². The van der Waals surface area contributed by atoms with Crippen LogP contribution in [-0.4, -0.2) is 11.1 Å². The van der Waals surface area contributed by atoms with Crippen molar-refractivity contribution >= 4 is 37.5 Å². The van der Waals surface area contributed by atoms with Crippen LogP contribution in [0.15, 0.2) is 29.2 Å². The van der Waals surface area contributed by atoms with Crippen molar-refractivity contribution in [3.05, 3.63) is 29.8 Å². The first kappa shape index (κ1) is 11.5. The Morgan fingerprint density at radius 2 is 1.92 bits per heavy atom. The summed E-state index contributed by atoms with van der Waals surface area (Å²) in [7, 11) is 3.79. The van der Waals surface area contributed by atoms with E-state index in [9.17, 15) is 0 Å². The van der Waals surface area contributed by atoms with Crippen LogP contribution in [0.2, 0.25) is 0 Å². The van der Waals surface area contributed by atoms with Gasteiger partial charge in [0.1, 0.15) is 0 Å². The van der Waals surface area contributed by atoms with Gasteiger partial charge in [-0.05, 0) is 25.5 Å². The molecule has 0 aliphatic carbocycles. The van der Waals surface area contributed by atoms with Crippen molar-refractivity contribution in [3.63, 3.8) is 0 Å². The quantitative estimate of drug-likeness (QED) is 0.441. The van der Waals surface area contributed by atoms with Crippen LogP contribution in [0.1, 0.15) is 12.0 Å². The Hall–Kier alpha value is 0.400. The van der Waals surface area contributed by atoms with E-state index in [0.717, 1.165) is 5.33 Å². The first-order chi connectivity index (χ1) is 6.33. The fraction of sp³-hybridized carbons (Fsp3) is 0.400. The first-order valence-electron chi connectivity index (χ1n) is 4.25. The monoisotopic (exact) mass is 276 g/mol. The van der Waals surface area contributed by atoms with E-state index in [1.807, 2.05) is 21.6 Å². The number of rotatable bonds is 5. The Balaban J connectivity index is 2.25. The zero-order chi connectivity index (χ0) is 9.52. The van der Waals surface area contributed by atoms with Crippen LogP contribution in [0.5, 0.6) is 0 Å². The fourth-order valence-corrected chi connectivity index (χ4v) is 3.54. The molecule has 0 saturated carbocycles. The van der Waals surface area contributed by atoms with Crippen molar-refractivity contribution in [2.45, 2.75) is 18.2 Å². The van der Waals surface area contributed by atoms with Crippen molar-refractivity contribution in [1.29, 1.82) is 0 Å². The molecule has 0 bridgehead atoms. The Kier molecular flexibility index (Phi) is 6.00. The molecular weight excluding hydrogens is 264 g/mol. The van der Waals surface area contributed by atoms with Crippen LogP contribution in [0.3, 0.4) is 0 Å². The van der Waals surface area contributed by atoms with Crippen LogP contribution in [-0.2, 0) is 0 Å². The minimum absolute atomic E-state index is 1.11. The van der Waals surface area contributed by atoms with Gasteiger partial charge >= 0.3 is 0 Å². The smallest absolute Gasteiger partial charge is 0.0182 e. The van der Waals surface area contributed by atoms with E-state index < -0.39 is 0 Å². The standard InChI is InChI=1S/C10H13BrS2/c1-9-3-5-10(6-4-9)13-12-8-2-7-11/h3-6H,2,7-8H2,1H3. The van der Waals surface area contributed by atoms with Gasteiger partial charge in [-0.1, -0.05) is 55.2 Å². The van der Waals surface area contributed by atoms with Crippen LogP contribution in [0.4, 0.5) is 0 Å². The lowest BCUT2D eigenvalue weighted by Crippen LogP contribution is -1.76. The van der Waals surface area contributed by atoms with Crippen molar-refractivity contribution in [2.24, 2.45) is 0 Å². The van der Waals surface area contributed by atoms with Crippen molar-refractivity contribution in [1.82, 2.24) is 0 Å². The summed E-state index contributed by atoms with van der Waals surface area (Å²) in [5.41, 5.74) is 1.33. The largest absolute Gasteiger partial charge is 0.0928 e. The molecule has 13 heavy (non-hydrogen) atoms. The lowest BCUT2D eigenvalue weighted by molar-refractivity contribution is 1.14. The molecule has 0 fully saturated rings. The molecule has 0 aromatic heterocycles. The van der Waals surface area contributed by atoms with Gasteiger partial charge in [-0.25, -0.2) is 0 Å². The SMILES string of the molecule is Cc1ccc(SSCCCBr)cc1. The summed E-state index contributed by atoms with van der Waals surface area (Å²) in [5.74, 6) is 1.21. The average Bonchev–Trinajstić information content (AvgIpc) is 2.15.